The van der Waals surface area contributed by atoms with Crippen LogP contribution in [0.1, 0.15) is 43.4 Å². The number of nitrogens with zero attached hydrogens (tertiary/aromatic N) is 2. The van der Waals surface area contributed by atoms with Crippen LogP contribution in [-0.2, 0) is 11.2 Å². The highest BCUT2D eigenvalue weighted by Crippen LogP contribution is 2.21. The Bertz CT molecular complexity index is 308. The van der Waals surface area contributed by atoms with Gasteiger partial charge in [0, 0.05) is 20.1 Å². The van der Waals surface area contributed by atoms with Gasteiger partial charge in [-0.2, -0.15) is 4.98 Å². The smallest absolute Gasteiger partial charge is 0.243 e. The predicted octanol–water partition coefficient (Wildman–Crippen LogP) is 1.46. The first-order valence-electron chi connectivity index (χ1n) is 5.95. The second kappa shape index (κ2) is 5.96. The standard InChI is InChI=1S/C11H19N3O2/c1-15-8-4-6-10-13-11(16-14-10)9-5-2-3-7-12-9/h9,12H,2-8H2,1H3. The Labute approximate surface area is 95.6 Å². The van der Waals surface area contributed by atoms with Gasteiger partial charge in [-0.1, -0.05) is 11.6 Å². The summed E-state index contributed by atoms with van der Waals surface area (Å²) in [6.07, 6.45) is 5.34. The quantitative estimate of drug-likeness (QED) is 0.769. The summed E-state index contributed by atoms with van der Waals surface area (Å²) < 4.78 is 10.3. The fraction of sp³-hybridized carbons (Fsp3) is 0.818. The van der Waals surface area contributed by atoms with Crippen LogP contribution in [0.3, 0.4) is 0 Å². The molecule has 1 N–H and O–H groups in total. The highest BCUT2D eigenvalue weighted by atomic mass is 16.5. The molecule has 0 saturated carbocycles. The van der Waals surface area contributed by atoms with Crippen molar-refractivity contribution in [2.24, 2.45) is 0 Å². The third kappa shape index (κ3) is 3.02. The van der Waals surface area contributed by atoms with E-state index in [0.717, 1.165) is 44.1 Å². The van der Waals surface area contributed by atoms with Gasteiger partial charge in [0.25, 0.3) is 0 Å². The number of ether oxygens (including phenoxy) is 1. The molecule has 5 heteroatoms. The maximum atomic E-state index is 5.27. The van der Waals surface area contributed by atoms with E-state index in [1.54, 1.807) is 7.11 Å². The molecule has 16 heavy (non-hydrogen) atoms. The molecular weight excluding hydrogens is 206 g/mol. The highest BCUT2D eigenvalue weighted by molar-refractivity contribution is 4.94. The molecule has 1 aromatic heterocycles. The first kappa shape index (κ1) is 11.5. The Morgan fingerprint density at radius 1 is 1.50 bits per heavy atom. The Morgan fingerprint density at radius 3 is 3.19 bits per heavy atom. The number of hydrogen-bond acceptors (Lipinski definition) is 5. The number of hydrogen-bond donors (Lipinski definition) is 1. The predicted molar refractivity (Wildman–Crippen MR) is 59.1 cm³/mol. The van der Waals surface area contributed by atoms with Crippen molar-refractivity contribution in [1.29, 1.82) is 0 Å². The summed E-state index contributed by atoms with van der Waals surface area (Å²) in [6.45, 7) is 1.79. The van der Waals surface area contributed by atoms with Crippen LogP contribution >= 0.6 is 0 Å². The van der Waals surface area contributed by atoms with Gasteiger partial charge in [0.05, 0.1) is 6.04 Å². The van der Waals surface area contributed by atoms with Gasteiger partial charge in [-0.3, -0.25) is 0 Å². The maximum absolute atomic E-state index is 5.27. The Balaban J connectivity index is 1.85. The molecule has 2 heterocycles. The summed E-state index contributed by atoms with van der Waals surface area (Å²) in [6, 6.07) is 0.262. The molecule has 0 bridgehead atoms. The van der Waals surface area contributed by atoms with Gasteiger partial charge in [0.15, 0.2) is 5.82 Å². The largest absolute Gasteiger partial charge is 0.385 e. The Hall–Kier alpha value is -0.940. The second-order valence-corrected chi connectivity index (χ2v) is 4.15. The van der Waals surface area contributed by atoms with Crippen molar-refractivity contribution in [2.45, 2.75) is 38.1 Å². The minimum absolute atomic E-state index is 0.262. The third-order valence-corrected chi connectivity index (χ3v) is 2.84. The monoisotopic (exact) mass is 225 g/mol. The minimum atomic E-state index is 0.262. The number of rotatable bonds is 5. The van der Waals surface area contributed by atoms with Gasteiger partial charge in [-0.15, -0.1) is 0 Å². The number of methoxy groups -OCH3 is 1. The third-order valence-electron chi connectivity index (χ3n) is 2.84. The lowest BCUT2D eigenvalue weighted by Gasteiger charge is -2.19. The molecule has 0 spiro atoms. The molecule has 1 aliphatic rings. The van der Waals surface area contributed by atoms with Crippen molar-refractivity contribution >= 4 is 0 Å². The van der Waals surface area contributed by atoms with Crippen molar-refractivity contribution in [1.82, 2.24) is 15.5 Å². The van der Waals surface area contributed by atoms with E-state index >= 15 is 0 Å². The maximum Gasteiger partial charge on any atom is 0.243 e. The zero-order valence-corrected chi connectivity index (χ0v) is 9.74. The van der Waals surface area contributed by atoms with Crippen molar-refractivity contribution in [3.05, 3.63) is 11.7 Å². The molecular formula is C11H19N3O2. The van der Waals surface area contributed by atoms with E-state index in [0.29, 0.717) is 0 Å². The van der Waals surface area contributed by atoms with E-state index in [-0.39, 0.29) is 6.04 Å². The van der Waals surface area contributed by atoms with Gasteiger partial charge in [-0.05, 0) is 25.8 Å². The summed E-state index contributed by atoms with van der Waals surface area (Å²) in [7, 11) is 1.70. The molecule has 1 aliphatic heterocycles. The van der Waals surface area contributed by atoms with Gasteiger partial charge in [0.1, 0.15) is 0 Å². The minimum Gasteiger partial charge on any atom is -0.385 e. The first-order chi connectivity index (χ1) is 7.90. The van der Waals surface area contributed by atoms with E-state index in [9.17, 15) is 0 Å². The summed E-state index contributed by atoms with van der Waals surface area (Å²) in [5.41, 5.74) is 0. The molecule has 90 valence electrons. The number of nitrogens with one attached hydrogen (secondary N) is 1. The lowest BCUT2D eigenvalue weighted by Crippen LogP contribution is -2.27. The highest BCUT2D eigenvalue weighted by Gasteiger charge is 2.20. The molecule has 1 fully saturated rings. The fourth-order valence-electron chi connectivity index (χ4n) is 1.95. The van der Waals surface area contributed by atoms with Crippen molar-refractivity contribution in [3.8, 4) is 0 Å². The number of aromatic nitrogens is 2. The van der Waals surface area contributed by atoms with Gasteiger partial charge >= 0.3 is 0 Å². The Morgan fingerprint density at radius 2 is 2.44 bits per heavy atom. The molecule has 1 atom stereocenters. The summed E-state index contributed by atoms with van der Waals surface area (Å²) in [4.78, 5) is 4.41. The lowest BCUT2D eigenvalue weighted by atomic mass is 10.1. The lowest BCUT2D eigenvalue weighted by molar-refractivity contribution is 0.194. The molecule has 0 aliphatic carbocycles. The fourth-order valence-corrected chi connectivity index (χ4v) is 1.95. The average molecular weight is 225 g/mol. The SMILES string of the molecule is COCCCc1noc(C2CCCCN2)n1. The topological polar surface area (TPSA) is 60.2 Å². The van der Waals surface area contributed by atoms with E-state index in [2.05, 4.69) is 15.5 Å². The van der Waals surface area contributed by atoms with Crippen LogP contribution < -0.4 is 5.32 Å². The molecule has 1 unspecified atom stereocenters. The van der Waals surface area contributed by atoms with Crippen LogP contribution in [0.15, 0.2) is 4.52 Å². The molecule has 0 amide bonds. The molecule has 1 aromatic rings. The van der Waals surface area contributed by atoms with Crippen LogP contribution in [0.5, 0.6) is 0 Å². The van der Waals surface area contributed by atoms with E-state index in [4.69, 9.17) is 9.26 Å². The number of aryl methyl sites for hydroxylation is 1. The van der Waals surface area contributed by atoms with E-state index in [1.807, 2.05) is 0 Å². The van der Waals surface area contributed by atoms with E-state index < -0.39 is 0 Å². The van der Waals surface area contributed by atoms with Crippen LogP contribution in [0.4, 0.5) is 0 Å². The second-order valence-electron chi connectivity index (χ2n) is 4.15. The average Bonchev–Trinajstić information content (AvgIpc) is 2.79. The zero-order valence-electron chi connectivity index (χ0n) is 9.74. The van der Waals surface area contributed by atoms with E-state index in [1.165, 1.54) is 12.8 Å². The van der Waals surface area contributed by atoms with Crippen LogP contribution in [0.2, 0.25) is 0 Å². The Kier molecular flexibility index (Phi) is 4.30. The normalized spacial score (nSPS) is 21.2. The summed E-state index contributed by atoms with van der Waals surface area (Å²) >= 11 is 0. The van der Waals surface area contributed by atoms with Crippen LogP contribution in [0.25, 0.3) is 0 Å². The summed E-state index contributed by atoms with van der Waals surface area (Å²) in [5, 5.41) is 7.38. The molecule has 1 saturated heterocycles. The summed E-state index contributed by atoms with van der Waals surface area (Å²) in [5.74, 6) is 1.53. The van der Waals surface area contributed by atoms with Crippen molar-refractivity contribution in [3.63, 3.8) is 0 Å². The first-order valence-corrected chi connectivity index (χ1v) is 5.95. The number of piperidine rings is 1. The van der Waals surface area contributed by atoms with Crippen molar-refractivity contribution < 1.29 is 9.26 Å². The molecule has 0 aromatic carbocycles. The van der Waals surface area contributed by atoms with Gasteiger partial charge in [0.2, 0.25) is 5.89 Å². The molecule has 5 nitrogen and oxygen atoms in total. The van der Waals surface area contributed by atoms with Crippen LogP contribution in [-0.4, -0.2) is 30.4 Å². The molecule has 0 radical (unpaired) electrons. The van der Waals surface area contributed by atoms with Gasteiger partial charge in [-0.25, -0.2) is 0 Å². The van der Waals surface area contributed by atoms with Crippen LogP contribution in [0, 0.1) is 0 Å². The van der Waals surface area contributed by atoms with Crippen molar-refractivity contribution in [2.75, 3.05) is 20.3 Å². The zero-order chi connectivity index (χ0) is 11.2. The molecule has 2 rings (SSSR count). The van der Waals surface area contributed by atoms with Gasteiger partial charge < -0.3 is 14.6 Å².